The highest BCUT2D eigenvalue weighted by Crippen LogP contribution is 2.11. The minimum absolute atomic E-state index is 0.330. The predicted octanol–water partition coefficient (Wildman–Crippen LogP) is 0.745. The third kappa shape index (κ3) is 7.17. The van der Waals surface area contributed by atoms with Gasteiger partial charge in [-0.25, -0.2) is 0 Å². The Morgan fingerprint density at radius 3 is 2.19 bits per heavy atom. The Hall–Kier alpha value is -0.160. The molecule has 4 heteroatoms. The molecule has 98 valence electrons. The van der Waals surface area contributed by atoms with Crippen molar-refractivity contribution in [1.82, 2.24) is 0 Å². The van der Waals surface area contributed by atoms with Crippen LogP contribution < -0.4 is 11.5 Å². The zero-order valence-corrected chi connectivity index (χ0v) is 10.4. The maximum atomic E-state index is 9.78. The molecule has 3 atom stereocenters. The van der Waals surface area contributed by atoms with E-state index in [4.69, 9.17) is 11.5 Å². The molecule has 0 fully saturated rings. The summed E-state index contributed by atoms with van der Waals surface area (Å²) >= 11 is 0. The lowest BCUT2D eigenvalue weighted by Gasteiger charge is -2.23. The van der Waals surface area contributed by atoms with Crippen LogP contribution >= 0.6 is 0 Å². The summed E-state index contributed by atoms with van der Waals surface area (Å²) in [7, 11) is 0. The lowest BCUT2D eigenvalue weighted by molar-refractivity contribution is -0.00338. The fourth-order valence-electron chi connectivity index (χ4n) is 1.75. The van der Waals surface area contributed by atoms with Crippen molar-refractivity contribution in [3.05, 3.63) is 0 Å². The monoisotopic (exact) mass is 232 g/mol. The minimum Gasteiger partial charge on any atom is -0.390 e. The molecule has 0 aromatic carbocycles. The first-order valence-corrected chi connectivity index (χ1v) is 6.45. The van der Waals surface area contributed by atoms with Gasteiger partial charge in [-0.2, -0.15) is 0 Å². The first-order valence-electron chi connectivity index (χ1n) is 6.45. The summed E-state index contributed by atoms with van der Waals surface area (Å²) in [5.74, 6) is 0. The number of aliphatic hydroxyl groups excluding tert-OH is 2. The second kappa shape index (κ2) is 10.0. The van der Waals surface area contributed by atoms with Crippen LogP contribution in [0.1, 0.15) is 51.9 Å². The largest absolute Gasteiger partial charge is 0.390 e. The summed E-state index contributed by atoms with van der Waals surface area (Å²) in [6.45, 7) is 2.77. The van der Waals surface area contributed by atoms with Crippen molar-refractivity contribution < 1.29 is 10.2 Å². The molecule has 0 aromatic rings. The fraction of sp³-hybridized carbons (Fsp3) is 1.00. The van der Waals surface area contributed by atoms with Crippen LogP contribution in [-0.4, -0.2) is 35.0 Å². The van der Waals surface area contributed by atoms with Crippen LogP contribution in [0.25, 0.3) is 0 Å². The molecule has 0 aliphatic heterocycles. The van der Waals surface area contributed by atoms with Crippen molar-refractivity contribution in [3.63, 3.8) is 0 Å². The van der Waals surface area contributed by atoms with E-state index in [0.717, 1.165) is 38.5 Å². The molecule has 16 heavy (non-hydrogen) atoms. The topological polar surface area (TPSA) is 92.5 Å². The van der Waals surface area contributed by atoms with Crippen LogP contribution in [-0.2, 0) is 0 Å². The molecule has 0 aliphatic carbocycles. The molecule has 0 aliphatic rings. The van der Waals surface area contributed by atoms with E-state index in [1.54, 1.807) is 0 Å². The molecule has 0 saturated carbocycles. The maximum absolute atomic E-state index is 9.78. The number of nitrogens with two attached hydrogens (primary N) is 2. The number of rotatable bonds is 10. The summed E-state index contributed by atoms with van der Waals surface area (Å²) in [5, 5.41) is 19.5. The van der Waals surface area contributed by atoms with Gasteiger partial charge < -0.3 is 21.7 Å². The van der Waals surface area contributed by atoms with E-state index in [1.807, 2.05) is 0 Å². The molecule has 4 nitrogen and oxygen atoms in total. The Bertz CT molecular complexity index is 140. The predicted molar refractivity (Wildman–Crippen MR) is 67.0 cm³/mol. The quantitative estimate of drug-likeness (QED) is 0.418. The van der Waals surface area contributed by atoms with E-state index < -0.39 is 12.2 Å². The molecule has 3 unspecified atom stereocenters. The van der Waals surface area contributed by atoms with Gasteiger partial charge in [-0.1, -0.05) is 32.6 Å². The second-order valence-electron chi connectivity index (χ2n) is 4.50. The van der Waals surface area contributed by atoms with E-state index >= 15 is 0 Å². The fourth-order valence-corrected chi connectivity index (χ4v) is 1.75. The Balaban J connectivity index is 3.68. The lowest BCUT2D eigenvalue weighted by atomic mass is 9.97. The molecule has 0 bridgehead atoms. The summed E-state index contributed by atoms with van der Waals surface area (Å²) in [4.78, 5) is 0. The maximum Gasteiger partial charge on any atom is 0.0949 e. The van der Waals surface area contributed by atoms with Crippen LogP contribution in [0.3, 0.4) is 0 Å². The van der Waals surface area contributed by atoms with E-state index in [9.17, 15) is 10.2 Å². The van der Waals surface area contributed by atoms with Gasteiger partial charge in [0.05, 0.1) is 12.2 Å². The number of hydrogen-bond acceptors (Lipinski definition) is 4. The third-order valence-corrected chi connectivity index (χ3v) is 2.93. The van der Waals surface area contributed by atoms with E-state index in [0.29, 0.717) is 13.0 Å². The lowest BCUT2D eigenvalue weighted by Crippen LogP contribution is -2.43. The van der Waals surface area contributed by atoms with E-state index in [2.05, 4.69) is 6.92 Å². The molecule has 0 spiro atoms. The van der Waals surface area contributed by atoms with Crippen molar-refractivity contribution in [2.24, 2.45) is 11.5 Å². The minimum atomic E-state index is -0.797. The Morgan fingerprint density at radius 1 is 1.00 bits per heavy atom. The Kier molecular flexibility index (Phi) is 9.92. The number of hydrogen-bond donors (Lipinski definition) is 4. The molecule has 6 N–H and O–H groups in total. The van der Waals surface area contributed by atoms with Crippen LogP contribution in [0.5, 0.6) is 0 Å². The Morgan fingerprint density at radius 2 is 1.62 bits per heavy atom. The highest BCUT2D eigenvalue weighted by Gasteiger charge is 2.22. The molecule has 0 saturated heterocycles. The molecule has 0 radical (unpaired) electrons. The SMILES string of the molecule is CCCCCC(O)C(O)C(N)CCCCN. The first-order chi connectivity index (χ1) is 7.63. The van der Waals surface area contributed by atoms with E-state index in [1.165, 1.54) is 0 Å². The highest BCUT2D eigenvalue weighted by atomic mass is 16.3. The van der Waals surface area contributed by atoms with Gasteiger partial charge >= 0.3 is 0 Å². The second-order valence-corrected chi connectivity index (χ2v) is 4.50. The first kappa shape index (κ1) is 15.8. The summed E-state index contributed by atoms with van der Waals surface area (Å²) < 4.78 is 0. The molecular weight excluding hydrogens is 204 g/mol. The van der Waals surface area contributed by atoms with Gasteiger partial charge in [0.2, 0.25) is 0 Å². The number of aliphatic hydroxyl groups is 2. The molecule has 0 aromatic heterocycles. The van der Waals surface area contributed by atoms with Crippen LogP contribution in [0.15, 0.2) is 0 Å². The van der Waals surface area contributed by atoms with Gasteiger partial charge in [-0.3, -0.25) is 0 Å². The summed E-state index contributed by atoms with van der Waals surface area (Å²) in [6.07, 6.45) is 4.88. The smallest absolute Gasteiger partial charge is 0.0949 e. The normalized spacial score (nSPS) is 17.1. The van der Waals surface area contributed by atoms with Crippen molar-refractivity contribution in [2.45, 2.75) is 70.1 Å². The van der Waals surface area contributed by atoms with Gasteiger partial charge in [0.15, 0.2) is 0 Å². The van der Waals surface area contributed by atoms with Crippen LogP contribution in [0.2, 0.25) is 0 Å². The zero-order chi connectivity index (χ0) is 12.4. The van der Waals surface area contributed by atoms with Crippen molar-refractivity contribution in [3.8, 4) is 0 Å². The van der Waals surface area contributed by atoms with Crippen molar-refractivity contribution in [2.75, 3.05) is 6.54 Å². The van der Waals surface area contributed by atoms with Gasteiger partial charge in [-0.05, 0) is 25.8 Å². The molecule has 0 heterocycles. The zero-order valence-electron chi connectivity index (χ0n) is 10.4. The molecule has 0 rings (SSSR count). The van der Waals surface area contributed by atoms with Crippen LogP contribution in [0.4, 0.5) is 0 Å². The Labute approximate surface area is 99.0 Å². The van der Waals surface area contributed by atoms with Gasteiger partial charge in [-0.15, -0.1) is 0 Å². The van der Waals surface area contributed by atoms with Gasteiger partial charge in [0.1, 0.15) is 0 Å². The van der Waals surface area contributed by atoms with E-state index in [-0.39, 0.29) is 6.04 Å². The standard InChI is InChI=1S/C12H28N2O2/c1-2-3-4-8-11(15)12(16)10(14)7-5-6-9-13/h10-12,15-16H,2-9,13-14H2,1H3. The third-order valence-electron chi connectivity index (χ3n) is 2.93. The molecule has 0 amide bonds. The average molecular weight is 232 g/mol. The summed E-state index contributed by atoms with van der Waals surface area (Å²) in [5.41, 5.74) is 11.2. The van der Waals surface area contributed by atoms with Gasteiger partial charge in [0.25, 0.3) is 0 Å². The van der Waals surface area contributed by atoms with Crippen LogP contribution in [0, 0.1) is 0 Å². The average Bonchev–Trinajstić information content (AvgIpc) is 2.28. The molecular formula is C12H28N2O2. The highest BCUT2D eigenvalue weighted by molar-refractivity contribution is 4.78. The van der Waals surface area contributed by atoms with Gasteiger partial charge in [0, 0.05) is 6.04 Å². The van der Waals surface area contributed by atoms with Crippen molar-refractivity contribution in [1.29, 1.82) is 0 Å². The number of unbranched alkanes of at least 4 members (excludes halogenated alkanes) is 3. The van der Waals surface area contributed by atoms with Crippen molar-refractivity contribution >= 4 is 0 Å². The summed E-state index contributed by atoms with van der Waals surface area (Å²) in [6, 6.07) is -0.330.